The molecule has 0 aromatic heterocycles. The predicted octanol–water partition coefficient (Wildman–Crippen LogP) is 2.65. The molecule has 0 spiro atoms. The SMILES string of the molecule is CCOCCN(CC)C(=O)c1ccc(Br)c(O)c1. The van der Waals surface area contributed by atoms with Gasteiger partial charge in [-0.05, 0) is 48.0 Å². The fraction of sp³-hybridized carbons (Fsp3) is 0.462. The molecule has 0 fully saturated rings. The van der Waals surface area contributed by atoms with Crippen molar-refractivity contribution in [3.05, 3.63) is 28.2 Å². The first kappa shape index (κ1) is 15.0. The topological polar surface area (TPSA) is 49.8 Å². The number of carbonyl (C=O) groups is 1. The molecule has 1 aromatic rings. The number of amides is 1. The lowest BCUT2D eigenvalue weighted by Crippen LogP contribution is -2.33. The maximum absolute atomic E-state index is 12.2. The van der Waals surface area contributed by atoms with Crippen molar-refractivity contribution in [3.8, 4) is 5.75 Å². The molecule has 0 saturated carbocycles. The third-order valence-corrected chi connectivity index (χ3v) is 3.24. The fourth-order valence-electron chi connectivity index (χ4n) is 1.55. The summed E-state index contributed by atoms with van der Waals surface area (Å²) in [5, 5.41) is 9.58. The van der Waals surface area contributed by atoms with Crippen molar-refractivity contribution in [1.29, 1.82) is 0 Å². The summed E-state index contributed by atoms with van der Waals surface area (Å²) in [5.41, 5.74) is 0.481. The van der Waals surface area contributed by atoms with Crippen molar-refractivity contribution in [2.45, 2.75) is 13.8 Å². The average Bonchev–Trinajstić information content (AvgIpc) is 2.37. The van der Waals surface area contributed by atoms with Gasteiger partial charge in [0.1, 0.15) is 5.75 Å². The summed E-state index contributed by atoms with van der Waals surface area (Å²) in [6.45, 7) is 6.18. The minimum atomic E-state index is -0.0972. The van der Waals surface area contributed by atoms with Gasteiger partial charge in [0.05, 0.1) is 11.1 Å². The van der Waals surface area contributed by atoms with Crippen LogP contribution in [0.15, 0.2) is 22.7 Å². The number of aromatic hydroxyl groups is 1. The van der Waals surface area contributed by atoms with Crippen LogP contribution in [0.3, 0.4) is 0 Å². The molecule has 0 saturated heterocycles. The van der Waals surface area contributed by atoms with Gasteiger partial charge in [0, 0.05) is 25.3 Å². The van der Waals surface area contributed by atoms with E-state index in [1.165, 1.54) is 6.07 Å². The van der Waals surface area contributed by atoms with Gasteiger partial charge < -0.3 is 14.7 Å². The Balaban J connectivity index is 2.73. The summed E-state index contributed by atoms with van der Waals surface area (Å²) >= 11 is 3.19. The Hall–Kier alpha value is -1.07. The first-order valence-corrected chi connectivity index (χ1v) is 6.75. The van der Waals surface area contributed by atoms with E-state index in [1.54, 1.807) is 17.0 Å². The lowest BCUT2D eigenvalue weighted by molar-refractivity contribution is 0.0669. The van der Waals surface area contributed by atoms with Gasteiger partial charge in [-0.1, -0.05) is 0 Å². The molecule has 5 heteroatoms. The van der Waals surface area contributed by atoms with Crippen molar-refractivity contribution < 1.29 is 14.6 Å². The first-order valence-electron chi connectivity index (χ1n) is 5.95. The molecule has 0 aliphatic rings. The summed E-state index contributed by atoms with van der Waals surface area (Å²) in [4.78, 5) is 13.9. The summed E-state index contributed by atoms with van der Waals surface area (Å²) in [5.74, 6) is -0.0262. The van der Waals surface area contributed by atoms with Crippen LogP contribution >= 0.6 is 15.9 Å². The number of ether oxygens (including phenoxy) is 1. The van der Waals surface area contributed by atoms with Crippen molar-refractivity contribution in [3.63, 3.8) is 0 Å². The minimum absolute atomic E-state index is 0.0710. The van der Waals surface area contributed by atoms with Crippen molar-refractivity contribution in [2.75, 3.05) is 26.3 Å². The normalized spacial score (nSPS) is 10.4. The second kappa shape index (κ2) is 7.38. The number of hydrogen-bond donors (Lipinski definition) is 1. The molecule has 18 heavy (non-hydrogen) atoms. The third kappa shape index (κ3) is 3.99. The second-order valence-corrected chi connectivity index (χ2v) is 4.60. The van der Waals surface area contributed by atoms with Gasteiger partial charge in [0.15, 0.2) is 0 Å². The van der Waals surface area contributed by atoms with Crippen LogP contribution in [0.1, 0.15) is 24.2 Å². The smallest absolute Gasteiger partial charge is 0.254 e. The molecular formula is C13H18BrNO3. The number of phenols is 1. The number of rotatable bonds is 6. The quantitative estimate of drug-likeness (QED) is 0.821. The van der Waals surface area contributed by atoms with Crippen LogP contribution in [0.4, 0.5) is 0 Å². The number of halogens is 1. The Bertz CT molecular complexity index is 409. The molecule has 0 aliphatic heterocycles. The molecule has 4 nitrogen and oxygen atoms in total. The molecule has 0 atom stereocenters. The summed E-state index contributed by atoms with van der Waals surface area (Å²) in [6.07, 6.45) is 0. The number of carbonyl (C=O) groups excluding carboxylic acids is 1. The molecule has 0 bridgehead atoms. The van der Waals surface area contributed by atoms with Gasteiger partial charge in [-0.3, -0.25) is 4.79 Å². The van der Waals surface area contributed by atoms with E-state index < -0.39 is 0 Å². The lowest BCUT2D eigenvalue weighted by atomic mass is 10.2. The Morgan fingerprint density at radius 1 is 1.44 bits per heavy atom. The number of nitrogens with zero attached hydrogens (tertiary/aromatic N) is 1. The van der Waals surface area contributed by atoms with E-state index in [4.69, 9.17) is 4.74 Å². The van der Waals surface area contributed by atoms with Crippen molar-refractivity contribution >= 4 is 21.8 Å². The molecule has 0 heterocycles. The number of hydrogen-bond acceptors (Lipinski definition) is 3. The van der Waals surface area contributed by atoms with Gasteiger partial charge >= 0.3 is 0 Å². The van der Waals surface area contributed by atoms with Crippen LogP contribution in [0, 0.1) is 0 Å². The zero-order chi connectivity index (χ0) is 13.5. The van der Waals surface area contributed by atoms with E-state index in [2.05, 4.69) is 15.9 Å². The molecular weight excluding hydrogens is 298 g/mol. The third-order valence-electron chi connectivity index (χ3n) is 2.57. The number of phenolic OH excluding ortho intramolecular Hbond substituents is 1. The van der Waals surface area contributed by atoms with E-state index in [9.17, 15) is 9.90 Å². The molecule has 1 rings (SSSR count). The average molecular weight is 316 g/mol. The van der Waals surface area contributed by atoms with Crippen LogP contribution < -0.4 is 0 Å². The van der Waals surface area contributed by atoms with Crippen LogP contribution in [0.5, 0.6) is 5.75 Å². The summed E-state index contributed by atoms with van der Waals surface area (Å²) in [7, 11) is 0. The first-order chi connectivity index (χ1) is 8.60. The van der Waals surface area contributed by atoms with Crippen LogP contribution in [0.2, 0.25) is 0 Å². The molecule has 1 aromatic carbocycles. The van der Waals surface area contributed by atoms with Gasteiger partial charge in [-0.2, -0.15) is 0 Å². The highest BCUT2D eigenvalue weighted by atomic mass is 79.9. The monoisotopic (exact) mass is 315 g/mol. The number of benzene rings is 1. The maximum Gasteiger partial charge on any atom is 0.254 e. The van der Waals surface area contributed by atoms with Crippen LogP contribution in [-0.2, 0) is 4.74 Å². The molecule has 0 aliphatic carbocycles. The van der Waals surface area contributed by atoms with E-state index >= 15 is 0 Å². The van der Waals surface area contributed by atoms with Crippen molar-refractivity contribution in [1.82, 2.24) is 4.90 Å². The van der Waals surface area contributed by atoms with Gasteiger partial charge in [-0.15, -0.1) is 0 Å². The zero-order valence-corrected chi connectivity index (χ0v) is 12.2. The fourth-order valence-corrected chi connectivity index (χ4v) is 1.80. The summed E-state index contributed by atoms with van der Waals surface area (Å²) in [6, 6.07) is 4.82. The lowest BCUT2D eigenvalue weighted by Gasteiger charge is -2.20. The van der Waals surface area contributed by atoms with Crippen molar-refractivity contribution in [2.24, 2.45) is 0 Å². The molecule has 100 valence electrons. The Morgan fingerprint density at radius 3 is 2.72 bits per heavy atom. The highest BCUT2D eigenvalue weighted by molar-refractivity contribution is 9.10. The van der Waals surface area contributed by atoms with Crippen LogP contribution in [-0.4, -0.2) is 42.2 Å². The standard InChI is InChI=1S/C13H18BrNO3/c1-3-15(7-8-18-4-2)13(17)10-5-6-11(14)12(16)9-10/h5-6,9,16H,3-4,7-8H2,1-2H3. The Kier molecular flexibility index (Phi) is 6.15. The van der Waals surface area contributed by atoms with Gasteiger partial charge in [-0.25, -0.2) is 0 Å². The van der Waals surface area contributed by atoms with Gasteiger partial charge in [0.25, 0.3) is 5.91 Å². The van der Waals surface area contributed by atoms with E-state index in [0.29, 0.717) is 36.3 Å². The Morgan fingerprint density at radius 2 is 2.17 bits per heavy atom. The molecule has 1 N–H and O–H groups in total. The van der Waals surface area contributed by atoms with E-state index in [1.807, 2.05) is 13.8 Å². The van der Waals surface area contributed by atoms with E-state index in [0.717, 1.165) is 0 Å². The Labute approximate surface area is 116 Å². The summed E-state index contributed by atoms with van der Waals surface area (Å²) < 4.78 is 5.82. The number of likely N-dealkylation sites (N-methyl/N-ethyl adjacent to an activating group) is 1. The highest BCUT2D eigenvalue weighted by Gasteiger charge is 2.15. The van der Waals surface area contributed by atoms with Crippen LogP contribution in [0.25, 0.3) is 0 Å². The molecule has 0 radical (unpaired) electrons. The highest BCUT2D eigenvalue weighted by Crippen LogP contribution is 2.24. The predicted molar refractivity (Wildman–Crippen MR) is 73.9 cm³/mol. The molecule has 0 unspecified atom stereocenters. The minimum Gasteiger partial charge on any atom is -0.507 e. The maximum atomic E-state index is 12.2. The zero-order valence-electron chi connectivity index (χ0n) is 10.6. The van der Waals surface area contributed by atoms with E-state index in [-0.39, 0.29) is 11.7 Å². The second-order valence-electron chi connectivity index (χ2n) is 3.75. The van der Waals surface area contributed by atoms with Gasteiger partial charge in [0.2, 0.25) is 0 Å². The largest absolute Gasteiger partial charge is 0.507 e. The molecule has 1 amide bonds.